The molecule has 6 aromatic carbocycles. The molecule has 2 aliphatic rings. The number of benzene rings is 6. The third-order valence-corrected chi connectivity index (χ3v) is 12.7. The zero-order valence-corrected chi connectivity index (χ0v) is 29.3. The quantitative estimate of drug-likeness (QED) is 0.176. The van der Waals surface area contributed by atoms with Gasteiger partial charge in [0.25, 0.3) is 0 Å². The largest absolute Gasteiger partial charge is 0.313 e. The second-order valence-corrected chi connectivity index (χ2v) is 15.3. The summed E-state index contributed by atoms with van der Waals surface area (Å²) in [4.78, 5) is 0. The molecular formula is C48H33N3S. The van der Waals surface area contributed by atoms with Crippen LogP contribution in [0.1, 0.15) is 35.4 Å². The molecule has 0 atom stereocenters. The number of aromatic nitrogens is 3. The monoisotopic (exact) mass is 683 g/mol. The second kappa shape index (κ2) is 10.7. The van der Waals surface area contributed by atoms with E-state index in [4.69, 9.17) is 0 Å². The highest BCUT2D eigenvalue weighted by molar-refractivity contribution is 7.25. The number of fused-ring (bicyclic) bond motifs is 12. The second-order valence-electron chi connectivity index (χ2n) is 14.3. The Labute approximate surface area is 304 Å². The van der Waals surface area contributed by atoms with Gasteiger partial charge in [-0.1, -0.05) is 91.0 Å². The lowest BCUT2D eigenvalue weighted by Gasteiger charge is -2.21. The van der Waals surface area contributed by atoms with E-state index in [1.54, 1.807) is 0 Å². The van der Waals surface area contributed by atoms with Crippen LogP contribution in [0.2, 0.25) is 0 Å². The van der Waals surface area contributed by atoms with E-state index >= 15 is 0 Å². The zero-order chi connectivity index (χ0) is 33.9. The van der Waals surface area contributed by atoms with Crippen LogP contribution in [0.4, 0.5) is 0 Å². The van der Waals surface area contributed by atoms with Crippen molar-refractivity contribution in [1.29, 1.82) is 0 Å². The van der Waals surface area contributed by atoms with E-state index < -0.39 is 0 Å². The van der Waals surface area contributed by atoms with Gasteiger partial charge in [0.05, 0.1) is 33.5 Å². The third-order valence-electron chi connectivity index (χ3n) is 11.6. The predicted molar refractivity (Wildman–Crippen MR) is 221 cm³/mol. The van der Waals surface area contributed by atoms with E-state index in [1.807, 2.05) is 11.3 Å². The van der Waals surface area contributed by atoms with Gasteiger partial charge in [0.2, 0.25) is 0 Å². The molecule has 0 spiro atoms. The van der Waals surface area contributed by atoms with E-state index in [1.165, 1.54) is 103 Å². The molecule has 0 saturated carbocycles. The number of hydrogen-bond donors (Lipinski definition) is 0. The molecule has 0 fully saturated rings. The molecule has 10 aromatic rings. The van der Waals surface area contributed by atoms with Crippen LogP contribution in [0, 0.1) is 0 Å². The van der Waals surface area contributed by atoms with Gasteiger partial charge >= 0.3 is 0 Å². The normalized spacial score (nSPS) is 14.3. The van der Waals surface area contributed by atoms with Crippen molar-refractivity contribution in [3.63, 3.8) is 0 Å². The van der Waals surface area contributed by atoms with Crippen molar-refractivity contribution < 1.29 is 0 Å². The first-order chi connectivity index (χ1) is 25.8. The summed E-state index contributed by atoms with van der Waals surface area (Å²) in [5, 5.41) is 7.94. The van der Waals surface area contributed by atoms with Gasteiger partial charge < -0.3 is 13.7 Å². The number of allylic oxidation sites excluding steroid dienone is 2. The van der Waals surface area contributed by atoms with Gasteiger partial charge in [-0.2, -0.15) is 0 Å². The maximum Gasteiger partial charge on any atom is 0.0559 e. The van der Waals surface area contributed by atoms with Gasteiger partial charge in [0.15, 0.2) is 0 Å². The number of hydrogen-bond acceptors (Lipinski definition) is 1. The van der Waals surface area contributed by atoms with Crippen molar-refractivity contribution in [3.8, 4) is 11.4 Å². The predicted octanol–water partition coefficient (Wildman–Crippen LogP) is 12.8. The van der Waals surface area contributed by atoms with E-state index in [2.05, 4.69) is 165 Å². The fraction of sp³-hybridized carbons (Fsp3) is 0.0833. The molecule has 52 heavy (non-hydrogen) atoms. The molecule has 0 radical (unpaired) electrons. The van der Waals surface area contributed by atoms with Gasteiger partial charge in [0, 0.05) is 64.4 Å². The van der Waals surface area contributed by atoms with E-state index in [-0.39, 0.29) is 0 Å². The lowest BCUT2D eigenvalue weighted by Crippen LogP contribution is -2.10. The van der Waals surface area contributed by atoms with Gasteiger partial charge in [0.1, 0.15) is 0 Å². The van der Waals surface area contributed by atoms with Crippen LogP contribution in [0.3, 0.4) is 0 Å². The average Bonchev–Trinajstić information content (AvgIpc) is 3.94. The minimum Gasteiger partial charge on any atom is -0.313 e. The molecular weight excluding hydrogens is 651 g/mol. The summed E-state index contributed by atoms with van der Waals surface area (Å²) < 4.78 is 10.3. The SMILES string of the molecule is C1=Cc2c(c3c(-n4c5ccccc5c5ccccc54)cccc3n2C2=CCCc3c2c2ccccc2n3-c2ccc3sc4ccccc4c3c2)CC1. The Morgan fingerprint density at radius 3 is 1.98 bits per heavy atom. The van der Waals surface area contributed by atoms with E-state index in [0.717, 1.165) is 25.7 Å². The Morgan fingerprint density at radius 2 is 1.17 bits per heavy atom. The molecule has 3 nitrogen and oxygen atoms in total. The first kappa shape index (κ1) is 28.6. The van der Waals surface area contributed by atoms with Crippen LogP contribution in [0.5, 0.6) is 0 Å². The summed E-state index contributed by atoms with van der Waals surface area (Å²) in [6.07, 6.45) is 11.3. The summed E-state index contributed by atoms with van der Waals surface area (Å²) in [6, 6.07) is 49.6. The Balaban J connectivity index is 1.13. The summed E-state index contributed by atoms with van der Waals surface area (Å²) in [5.41, 5.74) is 14.4. The Morgan fingerprint density at radius 1 is 0.500 bits per heavy atom. The average molecular weight is 684 g/mol. The number of aryl methyl sites for hydroxylation is 1. The van der Waals surface area contributed by atoms with Crippen LogP contribution in [-0.4, -0.2) is 13.7 Å². The molecule has 0 amide bonds. The van der Waals surface area contributed by atoms with Crippen LogP contribution >= 0.6 is 11.3 Å². The van der Waals surface area contributed by atoms with Gasteiger partial charge in [-0.15, -0.1) is 11.3 Å². The van der Waals surface area contributed by atoms with Crippen molar-refractivity contribution in [2.45, 2.75) is 25.7 Å². The standard InChI is InChI=1S/C48H33N3S/c1-6-18-37-31(13-1)32-14-2-7-19-38(32)50(37)42-23-12-25-44-48(42)35-17-4-9-21-40(35)51(44)43-24-11-22-41-47(43)34-16-3-8-20-39(34)49(41)30-27-28-46-36(29-30)33-15-5-10-26-45(33)52-46/h1-3,5-10,12-16,18-21,23-29H,4,11,17,22H2. The summed E-state index contributed by atoms with van der Waals surface area (Å²) in [7, 11) is 0. The molecule has 0 aliphatic heterocycles. The maximum atomic E-state index is 2.60. The van der Waals surface area contributed by atoms with Gasteiger partial charge in [-0.3, -0.25) is 0 Å². The Hall–Kier alpha value is -6.10. The molecule has 0 bridgehead atoms. The van der Waals surface area contributed by atoms with Gasteiger partial charge in [-0.05, 0) is 91.9 Å². The Bertz CT molecular complexity index is 3140. The highest BCUT2D eigenvalue weighted by Gasteiger charge is 2.29. The van der Waals surface area contributed by atoms with Crippen LogP contribution < -0.4 is 0 Å². The van der Waals surface area contributed by atoms with Crippen molar-refractivity contribution in [3.05, 3.63) is 168 Å². The molecule has 0 saturated heterocycles. The molecule has 246 valence electrons. The van der Waals surface area contributed by atoms with Crippen LogP contribution in [0.15, 0.2) is 146 Å². The zero-order valence-electron chi connectivity index (χ0n) is 28.5. The summed E-state index contributed by atoms with van der Waals surface area (Å²) >= 11 is 1.88. The number of nitrogens with zero attached hydrogens (tertiary/aromatic N) is 3. The molecule has 0 unspecified atom stereocenters. The maximum absolute atomic E-state index is 2.60. The third kappa shape index (κ3) is 3.80. The van der Waals surface area contributed by atoms with Crippen molar-refractivity contribution >= 4 is 86.9 Å². The molecule has 4 heteroatoms. The fourth-order valence-corrected chi connectivity index (χ4v) is 10.6. The Kier molecular flexibility index (Phi) is 5.88. The molecule has 0 N–H and O–H groups in total. The van der Waals surface area contributed by atoms with Crippen molar-refractivity contribution in [2.75, 3.05) is 0 Å². The van der Waals surface area contributed by atoms with Crippen LogP contribution in [-0.2, 0) is 12.8 Å². The number of para-hydroxylation sites is 3. The first-order valence-corrected chi connectivity index (χ1v) is 19.2. The highest BCUT2D eigenvalue weighted by atomic mass is 32.1. The highest BCUT2D eigenvalue weighted by Crippen LogP contribution is 2.46. The fourth-order valence-electron chi connectivity index (χ4n) is 9.51. The molecule has 12 rings (SSSR count). The minimum atomic E-state index is 0.993. The minimum absolute atomic E-state index is 0.993. The smallest absolute Gasteiger partial charge is 0.0559 e. The van der Waals surface area contributed by atoms with E-state index in [0.29, 0.717) is 0 Å². The number of rotatable bonds is 3. The lowest BCUT2D eigenvalue weighted by atomic mass is 9.97. The molecule has 4 heterocycles. The van der Waals surface area contributed by atoms with E-state index in [9.17, 15) is 0 Å². The molecule has 2 aliphatic carbocycles. The lowest BCUT2D eigenvalue weighted by molar-refractivity contribution is 0.870. The van der Waals surface area contributed by atoms with Crippen molar-refractivity contribution in [2.24, 2.45) is 0 Å². The summed E-state index contributed by atoms with van der Waals surface area (Å²) in [6.45, 7) is 0. The first-order valence-electron chi connectivity index (χ1n) is 18.4. The van der Waals surface area contributed by atoms with Crippen LogP contribution in [0.25, 0.3) is 86.9 Å². The number of thiophene rings is 1. The van der Waals surface area contributed by atoms with Crippen molar-refractivity contribution in [1.82, 2.24) is 13.7 Å². The topological polar surface area (TPSA) is 14.8 Å². The summed E-state index contributed by atoms with van der Waals surface area (Å²) in [5.74, 6) is 0. The van der Waals surface area contributed by atoms with Gasteiger partial charge in [-0.25, -0.2) is 0 Å². The molecule has 4 aromatic heterocycles.